The number of hydrogen-bond donors (Lipinski definition) is 3. The average Bonchev–Trinajstić information content (AvgIpc) is 2.64. The van der Waals surface area contributed by atoms with E-state index in [9.17, 15) is 19.8 Å². The van der Waals surface area contributed by atoms with Crippen LogP contribution in [0, 0.1) is 0 Å². The standard InChI is InChI=1S/C10H17NO7/c1-4(12)11-5-6(13)8(18-10(5)17-3)7(14)9(15)16-2/h5-8,10,13-14H,1-3H3,(H,11,12)/t5-,6-,7+,8+,10-/m1/s1. The van der Waals surface area contributed by atoms with E-state index in [-0.39, 0.29) is 0 Å². The Morgan fingerprint density at radius 2 is 2.00 bits per heavy atom. The molecule has 0 aromatic carbocycles. The molecule has 5 atom stereocenters. The number of aliphatic hydroxyl groups is 2. The third kappa shape index (κ3) is 2.96. The van der Waals surface area contributed by atoms with Crippen molar-refractivity contribution in [2.75, 3.05) is 14.2 Å². The van der Waals surface area contributed by atoms with Gasteiger partial charge in [0.2, 0.25) is 5.91 Å². The Balaban J connectivity index is 2.79. The summed E-state index contributed by atoms with van der Waals surface area (Å²) in [5.74, 6) is -1.32. The smallest absolute Gasteiger partial charge is 0.337 e. The van der Waals surface area contributed by atoms with Crippen molar-refractivity contribution < 1.29 is 34.0 Å². The van der Waals surface area contributed by atoms with Gasteiger partial charge in [-0.2, -0.15) is 0 Å². The molecule has 8 nitrogen and oxygen atoms in total. The molecule has 1 aliphatic rings. The van der Waals surface area contributed by atoms with E-state index in [1.807, 2.05) is 0 Å². The number of esters is 1. The van der Waals surface area contributed by atoms with Gasteiger partial charge in [0.25, 0.3) is 0 Å². The first-order chi connectivity index (χ1) is 8.42. The Bertz CT molecular complexity index is 321. The van der Waals surface area contributed by atoms with Crippen LogP contribution in [-0.2, 0) is 23.8 Å². The van der Waals surface area contributed by atoms with E-state index < -0.39 is 42.5 Å². The number of methoxy groups -OCH3 is 2. The summed E-state index contributed by atoms with van der Waals surface area (Å²) < 4.78 is 14.5. The molecule has 0 radical (unpaired) electrons. The summed E-state index contributed by atoms with van der Waals surface area (Å²) in [6.07, 6.45) is -5.11. The number of nitrogens with one attached hydrogen (secondary N) is 1. The largest absolute Gasteiger partial charge is 0.467 e. The molecular formula is C10H17NO7. The fourth-order valence-electron chi connectivity index (χ4n) is 1.79. The van der Waals surface area contributed by atoms with Crippen molar-refractivity contribution in [1.29, 1.82) is 0 Å². The summed E-state index contributed by atoms with van der Waals surface area (Å²) in [6, 6.07) is -0.864. The molecule has 0 aromatic heterocycles. The number of carbonyl (C=O) groups is 2. The van der Waals surface area contributed by atoms with Gasteiger partial charge in [-0.1, -0.05) is 0 Å². The molecule has 104 valence electrons. The topological polar surface area (TPSA) is 114 Å². The van der Waals surface area contributed by atoms with Gasteiger partial charge in [0, 0.05) is 14.0 Å². The molecule has 0 aromatic rings. The number of ether oxygens (including phenoxy) is 3. The first-order valence-corrected chi connectivity index (χ1v) is 5.31. The second-order valence-electron chi connectivity index (χ2n) is 3.89. The lowest BCUT2D eigenvalue weighted by Gasteiger charge is -2.20. The molecule has 1 fully saturated rings. The summed E-state index contributed by atoms with van der Waals surface area (Å²) in [5.41, 5.74) is 0. The Labute approximate surface area is 104 Å². The Kier molecular flexibility index (Phi) is 5.03. The minimum atomic E-state index is -1.65. The van der Waals surface area contributed by atoms with E-state index >= 15 is 0 Å². The lowest BCUT2D eigenvalue weighted by atomic mass is 10.0. The van der Waals surface area contributed by atoms with E-state index in [0.717, 1.165) is 7.11 Å². The summed E-state index contributed by atoms with van der Waals surface area (Å²) in [4.78, 5) is 22.2. The molecule has 0 bridgehead atoms. The molecule has 1 amide bonds. The van der Waals surface area contributed by atoms with Crippen molar-refractivity contribution in [3.63, 3.8) is 0 Å². The average molecular weight is 263 g/mol. The van der Waals surface area contributed by atoms with Crippen LogP contribution < -0.4 is 5.32 Å². The van der Waals surface area contributed by atoms with Crippen LogP contribution in [0.25, 0.3) is 0 Å². The van der Waals surface area contributed by atoms with Gasteiger partial charge in [0.05, 0.1) is 7.11 Å². The lowest BCUT2D eigenvalue weighted by Crippen LogP contribution is -2.49. The highest BCUT2D eigenvalue weighted by molar-refractivity contribution is 5.75. The third-order valence-corrected chi connectivity index (χ3v) is 2.65. The van der Waals surface area contributed by atoms with Crippen LogP contribution in [0.15, 0.2) is 0 Å². The minimum absolute atomic E-state index is 0.391. The van der Waals surface area contributed by atoms with Crippen LogP contribution in [0.3, 0.4) is 0 Å². The van der Waals surface area contributed by atoms with Gasteiger partial charge in [0.15, 0.2) is 12.4 Å². The predicted molar refractivity (Wildman–Crippen MR) is 57.3 cm³/mol. The number of hydrogen-bond acceptors (Lipinski definition) is 7. The SMILES string of the molecule is COC(=O)[C@@H](O)[C@H]1O[C@@H](OC)[C@H](NC(C)=O)[C@H]1O. The van der Waals surface area contributed by atoms with Gasteiger partial charge >= 0.3 is 5.97 Å². The second-order valence-corrected chi connectivity index (χ2v) is 3.89. The second kappa shape index (κ2) is 6.10. The number of rotatable bonds is 4. The van der Waals surface area contributed by atoms with Crippen LogP contribution >= 0.6 is 0 Å². The summed E-state index contributed by atoms with van der Waals surface area (Å²) >= 11 is 0. The monoisotopic (exact) mass is 263 g/mol. The molecule has 0 unspecified atom stereocenters. The zero-order valence-corrected chi connectivity index (χ0v) is 10.3. The normalized spacial score (nSPS) is 32.9. The maximum absolute atomic E-state index is 11.2. The van der Waals surface area contributed by atoms with E-state index in [4.69, 9.17) is 9.47 Å². The molecule has 1 aliphatic heterocycles. The predicted octanol–water partition coefficient (Wildman–Crippen LogP) is -2.24. The van der Waals surface area contributed by atoms with Gasteiger partial charge in [0.1, 0.15) is 18.2 Å². The number of aliphatic hydroxyl groups excluding tert-OH is 2. The van der Waals surface area contributed by atoms with Crippen molar-refractivity contribution in [3.8, 4) is 0 Å². The molecule has 3 N–H and O–H groups in total. The first-order valence-electron chi connectivity index (χ1n) is 5.31. The number of carbonyl (C=O) groups excluding carboxylic acids is 2. The van der Waals surface area contributed by atoms with E-state index in [0.29, 0.717) is 0 Å². The minimum Gasteiger partial charge on any atom is -0.467 e. The van der Waals surface area contributed by atoms with E-state index in [1.165, 1.54) is 14.0 Å². The zero-order valence-electron chi connectivity index (χ0n) is 10.3. The van der Waals surface area contributed by atoms with Crippen LogP contribution in [0.4, 0.5) is 0 Å². The highest BCUT2D eigenvalue weighted by Gasteiger charge is 2.49. The molecule has 0 saturated carbocycles. The Morgan fingerprint density at radius 1 is 1.39 bits per heavy atom. The van der Waals surface area contributed by atoms with E-state index in [2.05, 4.69) is 10.1 Å². The van der Waals surface area contributed by atoms with Gasteiger partial charge < -0.3 is 29.7 Å². The van der Waals surface area contributed by atoms with Crippen LogP contribution in [0.1, 0.15) is 6.92 Å². The third-order valence-electron chi connectivity index (χ3n) is 2.65. The van der Waals surface area contributed by atoms with Crippen molar-refractivity contribution in [1.82, 2.24) is 5.32 Å². The molecule has 1 saturated heterocycles. The maximum Gasteiger partial charge on any atom is 0.337 e. The van der Waals surface area contributed by atoms with Crippen LogP contribution in [0.2, 0.25) is 0 Å². The molecule has 18 heavy (non-hydrogen) atoms. The maximum atomic E-state index is 11.2. The molecule has 8 heteroatoms. The van der Waals surface area contributed by atoms with Gasteiger partial charge in [-0.05, 0) is 0 Å². The Hall–Kier alpha value is -1.22. The molecular weight excluding hydrogens is 246 g/mol. The molecule has 1 heterocycles. The van der Waals surface area contributed by atoms with Gasteiger partial charge in [-0.15, -0.1) is 0 Å². The number of amides is 1. The van der Waals surface area contributed by atoms with Crippen molar-refractivity contribution in [2.45, 2.75) is 37.6 Å². The van der Waals surface area contributed by atoms with Crippen molar-refractivity contribution >= 4 is 11.9 Å². The fraction of sp³-hybridized carbons (Fsp3) is 0.800. The zero-order chi connectivity index (χ0) is 13.9. The highest BCUT2D eigenvalue weighted by atomic mass is 16.7. The fourth-order valence-corrected chi connectivity index (χ4v) is 1.79. The molecule has 1 rings (SSSR count). The van der Waals surface area contributed by atoms with E-state index in [1.54, 1.807) is 0 Å². The quantitative estimate of drug-likeness (QED) is 0.491. The molecule has 0 aliphatic carbocycles. The highest BCUT2D eigenvalue weighted by Crippen LogP contribution is 2.24. The van der Waals surface area contributed by atoms with Crippen LogP contribution in [0.5, 0.6) is 0 Å². The van der Waals surface area contributed by atoms with Crippen LogP contribution in [-0.4, -0.2) is 67.0 Å². The van der Waals surface area contributed by atoms with Crippen molar-refractivity contribution in [3.05, 3.63) is 0 Å². The molecule has 0 spiro atoms. The first kappa shape index (κ1) is 14.8. The van der Waals surface area contributed by atoms with Gasteiger partial charge in [-0.25, -0.2) is 4.79 Å². The lowest BCUT2D eigenvalue weighted by molar-refractivity contribution is -0.175. The van der Waals surface area contributed by atoms with Crippen molar-refractivity contribution in [2.24, 2.45) is 0 Å². The summed E-state index contributed by atoms with van der Waals surface area (Å²) in [5, 5.41) is 22.0. The summed E-state index contributed by atoms with van der Waals surface area (Å²) in [7, 11) is 2.42. The summed E-state index contributed by atoms with van der Waals surface area (Å²) in [6.45, 7) is 1.27. The van der Waals surface area contributed by atoms with Gasteiger partial charge in [-0.3, -0.25) is 4.79 Å². The Morgan fingerprint density at radius 3 is 2.44 bits per heavy atom.